The standard InChI is InChI=1S/C27H25N5O5/c1-5-36-22-9-7-6-8-19(22)25-29-21(16(2)37-25)15-32-26(33)20-14-28-23(30-24(20)31(3)27(32)34)17-10-12-18(35-4)13-11-17/h6-14H,5,15H2,1-4H3. The lowest BCUT2D eigenvalue weighted by atomic mass is 10.2. The molecule has 0 aliphatic rings. The molecule has 0 atom stereocenters. The summed E-state index contributed by atoms with van der Waals surface area (Å²) in [7, 11) is 3.16. The first-order valence-electron chi connectivity index (χ1n) is 11.7. The highest BCUT2D eigenvalue weighted by Crippen LogP contribution is 2.30. The molecule has 0 radical (unpaired) electrons. The minimum Gasteiger partial charge on any atom is -0.497 e. The van der Waals surface area contributed by atoms with Gasteiger partial charge >= 0.3 is 5.69 Å². The van der Waals surface area contributed by atoms with E-state index in [0.717, 1.165) is 10.1 Å². The number of aromatic nitrogens is 5. The van der Waals surface area contributed by atoms with Crippen molar-refractivity contribution in [1.29, 1.82) is 0 Å². The molecule has 0 aliphatic heterocycles. The molecular formula is C27H25N5O5. The van der Waals surface area contributed by atoms with Crippen molar-refractivity contribution < 1.29 is 13.9 Å². The van der Waals surface area contributed by atoms with Crippen LogP contribution in [0.15, 0.2) is 68.7 Å². The van der Waals surface area contributed by atoms with E-state index in [1.807, 2.05) is 43.3 Å². The molecule has 3 aromatic heterocycles. The van der Waals surface area contributed by atoms with Crippen LogP contribution in [0.1, 0.15) is 18.4 Å². The highest BCUT2D eigenvalue weighted by Gasteiger charge is 2.19. The summed E-state index contributed by atoms with van der Waals surface area (Å²) in [4.78, 5) is 40.0. The second-order valence-corrected chi connectivity index (χ2v) is 8.34. The van der Waals surface area contributed by atoms with Gasteiger partial charge < -0.3 is 13.9 Å². The van der Waals surface area contributed by atoms with E-state index in [1.54, 1.807) is 33.2 Å². The van der Waals surface area contributed by atoms with E-state index in [2.05, 4.69) is 15.0 Å². The maximum atomic E-state index is 13.3. The second-order valence-electron chi connectivity index (χ2n) is 8.34. The number of rotatable bonds is 7. The molecule has 37 heavy (non-hydrogen) atoms. The first kappa shape index (κ1) is 24.0. The van der Waals surface area contributed by atoms with Crippen LogP contribution in [0, 0.1) is 6.92 Å². The normalized spacial score (nSPS) is 11.1. The van der Waals surface area contributed by atoms with Gasteiger partial charge in [-0.1, -0.05) is 12.1 Å². The van der Waals surface area contributed by atoms with Crippen molar-refractivity contribution in [1.82, 2.24) is 24.1 Å². The number of benzene rings is 2. The molecule has 3 heterocycles. The molecule has 0 N–H and O–H groups in total. The van der Waals surface area contributed by atoms with Crippen LogP contribution < -0.4 is 20.7 Å². The van der Waals surface area contributed by atoms with E-state index in [1.165, 1.54) is 10.8 Å². The van der Waals surface area contributed by atoms with E-state index >= 15 is 0 Å². The lowest BCUT2D eigenvalue weighted by molar-refractivity contribution is 0.340. The molecule has 10 nitrogen and oxygen atoms in total. The lowest BCUT2D eigenvalue weighted by Crippen LogP contribution is -2.40. The molecule has 5 aromatic rings. The zero-order valence-electron chi connectivity index (χ0n) is 20.9. The SMILES string of the molecule is CCOc1ccccc1-c1nc(Cn2c(=O)c3cnc(-c4ccc(OC)cc4)nc3n(C)c2=O)c(C)o1. The highest BCUT2D eigenvalue weighted by atomic mass is 16.5. The van der Waals surface area contributed by atoms with Crippen molar-refractivity contribution in [2.75, 3.05) is 13.7 Å². The van der Waals surface area contributed by atoms with Crippen LogP contribution in [-0.2, 0) is 13.6 Å². The number of ether oxygens (including phenoxy) is 2. The molecule has 0 amide bonds. The van der Waals surface area contributed by atoms with Crippen LogP contribution in [0.5, 0.6) is 11.5 Å². The predicted octanol–water partition coefficient (Wildman–Crippen LogP) is 3.58. The zero-order valence-corrected chi connectivity index (χ0v) is 20.9. The average molecular weight is 500 g/mol. The topological polar surface area (TPSA) is 114 Å². The molecule has 0 saturated carbocycles. The largest absolute Gasteiger partial charge is 0.497 e. The van der Waals surface area contributed by atoms with Gasteiger partial charge in [0.15, 0.2) is 11.5 Å². The number of fused-ring (bicyclic) bond motifs is 1. The van der Waals surface area contributed by atoms with Crippen LogP contribution >= 0.6 is 0 Å². The first-order valence-corrected chi connectivity index (χ1v) is 11.7. The van der Waals surface area contributed by atoms with Crippen molar-refractivity contribution in [3.05, 3.63) is 87.0 Å². The number of nitrogens with zero attached hydrogens (tertiary/aromatic N) is 5. The van der Waals surface area contributed by atoms with Crippen LogP contribution in [0.3, 0.4) is 0 Å². The number of oxazole rings is 1. The molecule has 0 aliphatic carbocycles. The van der Waals surface area contributed by atoms with Crippen molar-refractivity contribution in [2.24, 2.45) is 7.05 Å². The van der Waals surface area contributed by atoms with Gasteiger partial charge in [-0.3, -0.25) is 13.9 Å². The second kappa shape index (κ2) is 9.73. The summed E-state index contributed by atoms with van der Waals surface area (Å²) in [6, 6.07) is 14.6. The molecule has 0 spiro atoms. The Morgan fingerprint density at radius 2 is 1.78 bits per heavy atom. The van der Waals surface area contributed by atoms with Crippen LogP contribution in [0.25, 0.3) is 33.9 Å². The van der Waals surface area contributed by atoms with Gasteiger partial charge in [0, 0.05) is 18.8 Å². The van der Waals surface area contributed by atoms with E-state index in [9.17, 15) is 9.59 Å². The zero-order chi connectivity index (χ0) is 26.1. The Morgan fingerprint density at radius 3 is 2.51 bits per heavy atom. The van der Waals surface area contributed by atoms with Crippen molar-refractivity contribution in [3.63, 3.8) is 0 Å². The van der Waals surface area contributed by atoms with Gasteiger partial charge in [-0.25, -0.2) is 19.7 Å². The van der Waals surface area contributed by atoms with Gasteiger partial charge in [-0.2, -0.15) is 0 Å². The van der Waals surface area contributed by atoms with Crippen molar-refractivity contribution >= 4 is 11.0 Å². The Morgan fingerprint density at radius 1 is 1.03 bits per heavy atom. The third-order valence-corrected chi connectivity index (χ3v) is 6.05. The fraction of sp³-hybridized carbons (Fsp3) is 0.222. The Kier molecular flexibility index (Phi) is 6.31. The average Bonchev–Trinajstić information content (AvgIpc) is 3.29. The van der Waals surface area contributed by atoms with Gasteiger partial charge in [0.25, 0.3) is 5.56 Å². The maximum absolute atomic E-state index is 13.3. The van der Waals surface area contributed by atoms with Gasteiger partial charge in [-0.05, 0) is 50.2 Å². The summed E-state index contributed by atoms with van der Waals surface area (Å²) in [5.74, 6) is 2.59. The summed E-state index contributed by atoms with van der Waals surface area (Å²) in [6.07, 6.45) is 1.44. The summed E-state index contributed by atoms with van der Waals surface area (Å²) < 4.78 is 19.2. The molecular weight excluding hydrogens is 474 g/mol. The molecule has 5 rings (SSSR count). The van der Waals surface area contributed by atoms with Crippen LogP contribution in [0.2, 0.25) is 0 Å². The summed E-state index contributed by atoms with van der Waals surface area (Å²) in [5, 5.41) is 0.224. The number of hydrogen-bond acceptors (Lipinski definition) is 8. The molecule has 0 unspecified atom stereocenters. The van der Waals surface area contributed by atoms with Crippen molar-refractivity contribution in [3.8, 4) is 34.3 Å². The monoisotopic (exact) mass is 499 g/mol. The molecule has 2 aromatic carbocycles. The Balaban J connectivity index is 1.54. The summed E-state index contributed by atoms with van der Waals surface area (Å²) in [5.41, 5.74) is 1.12. The molecule has 188 valence electrons. The van der Waals surface area contributed by atoms with E-state index in [-0.39, 0.29) is 17.6 Å². The van der Waals surface area contributed by atoms with Crippen LogP contribution in [0.4, 0.5) is 0 Å². The minimum atomic E-state index is -0.518. The molecule has 0 saturated heterocycles. The van der Waals surface area contributed by atoms with E-state index < -0.39 is 11.2 Å². The Hall–Kier alpha value is -4.73. The van der Waals surface area contributed by atoms with E-state index in [0.29, 0.717) is 46.8 Å². The molecule has 10 heteroatoms. The molecule has 0 bridgehead atoms. The maximum Gasteiger partial charge on any atom is 0.332 e. The third kappa shape index (κ3) is 4.37. The van der Waals surface area contributed by atoms with Gasteiger partial charge in [0.2, 0.25) is 5.89 Å². The van der Waals surface area contributed by atoms with Crippen molar-refractivity contribution in [2.45, 2.75) is 20.4 Å². The fourth-order valence-electron chi connectivity index (χ4n) is 4.07. The summed E-state index contributed by atoms with van der Waals surface area (Å²) in [6.45, 7) is 4.08. The van der Waals surface area contributed by atoms with Crippen LogP contribution in [-0.4, -0.2) is 37.8 Å². The Bertz CT molecular complexity index is 1720. The van der Waals surface area contributed by atoms with Gasteiger partial charge in [-0.15, -0.1) is 0 Å². The lowest BCUT2D eigenvalue weighted by Gasteiger charge is -2.10. The van der Waals surface area contributed by atoms with E-state index in [4.69, 9.17) is 13.9 Å². The summed E-state index contributed by atoms with van der Waals surface area (Å²) >= 11 is 0. The highest BCUT2D eigenvalue weighted by molar-refractivity contribution is 5.75. The smallest absolute Gasteiger partial charge is 0.332 e. The number of para-hydroxylation sites is 1. The molecule has 0 fully saturated rings. The number of aryl methyl sites for hydroxylation is 2. The van der Waals surface area contributed by atoms with Gasteiger partial charge in [0.1, 0.15) is 28.3 Å². The Labute approximate surface area is 211 Å². The first-order chi connectivity index (χ1) is 17.9. The van der Waals surface area contributed by atoms with Gasteiger partial charge in [0.05, 0.1) is 25.8 Å². The quantitative estimate of drug-likeness (QED) is 0.334. The predicted molar refractivity (Wildman–Crippen MR) is 138 cm³/mol. The number of hydrogen-bond donors (Lipinski definition) is 0. The fourth-order valence-corrected chi connectivity index (χ4v) is 4.07. The minimum absolute atomic E-state index is 0.0617. The number of methoxy groups -OCH3 is 1. The third-order valence-electron chi connectivity index (χ3n) is 6.05.